The number of hydrogen-bond acceptors (Lipinski definition) is 6. The highest BCUT2D eigenvalue weighted by Crippen LogP contribution is 2.39. The number of carbonyl (C=O) groups is 1. The summed E-state index contributed by atoms with van der Waals surface area (Å²) in [6.07, 6.45) is 2.38. The third-order valence-electron chi connectivity index (χ3n) is 5.60. The van der Waals surface area contributed by atoms with Gasteiger partial charge in [-0.3, -0.25) is 9.89 Å². The van der Waals surface area contributed by atoms with Gasteiger partial charge in [-0.1, -0.05) is 20.8 Å². The Bertz CT molecular complexity index is 1050. The number of aromatic nitrogens is 6. The van der Waals surface area contributed by atoms with Gasteiger partial charge in [0.05, 0.1) is 0 Å². The summed E-state index contributed by atoms with van der Waals surface area (Å²) in [5, 5.41) is 23.4. The summed E-state index contributed by atoms with van der Waals surface area (Å²) in [7, 11) is 0. The van der Waals surface area contributed by atoms with Crippen LogP contribution < -0.4 is 10.2 Å². The van der Waals surface area contributed by atoms with Crippen molar-refractivity contribution in [3.63, 3.8) is 0 Å². The van der Waals surface area contributed by atoms with Gasteiger partial charge in [-0.25, -0.2) is 0 Å². The van der Waals surface area contributed by atoms with Gasteiger partial charge in [0, 0.05) is 42.6 Å². The molecule has 1 saturated heterocycles. The van der Waals surface area contributed by atoms with Crippen molar-refractivity contribution in [3.8, 4) is 0 Å². The van der Waals surface area contributed by atoms with Gasteiger partial charge in [0.1, 0.15) is 11.5 Å². The monoisotopic (exact) mass is 394 g/mol. The molecule has 9 nitrogen and oxygen atoms in total. The Morgan fingerprint density at radius 3 is 2.76 bits per heavy atom. The van der Waals surface area contributed by atoms with Crippen LogP contribution in [0.25, 0.3) is 5.65 Å². The summed E-state index contributed by atoms with van der Waals surface area (Å²) in [6.45, 7) is 8.68. The number of rotatable bonds is 5. The Hall–Kier alpha value is -2.97. The highest BCUT2D eigenvalue weighted by molar-refractivity contribution is 5.92. The fourth-order valence-corrected chi connectivity index (χ4v) is 3.69. The van der Waals surface area contributed by atoms with Gasteiger partial charge in [-0.2, -0.15) is 9.61 Å². The Labute approximate surface area is 168 Å². The number of aromatic amines is 1. The van der Waals surface area contributed by atoms with Crippen LogP contribution in [-0.4, -0.2) is 55.6 Å². The van der Waals surface area contributed by atoms with E-state index in [1.807, 2.05) is 22.7 Å². The Kier molecular flexibility index (Phi) is 4.07. The lowest BCUT2D eigenvalue weighted by Gasteiger charge is -2.40. The minimum atomic E-state index is -0.127. The van der Waals surface area contributed by atoms with Gasteiger partial charge in [0.25, 0.3) is 5.91 Å². The SMILES string of the molecule is CC(C)(C)c1nnc2ccc(N3CC(CNC(=O)c4cc(C5CC5)[nH]n4)C3)nn12. The van der Waals surface area contributed by atoms with Crippen LogP contribution >= 0.6 is 0 Å². The lowest BCUT2D eigenvalue weighted by Crippen LogP contribution is -2.52. The van der Waals surface area contributed by atoms with Gasteiger partial charge in [0.15, 0.2) is 11.5 Å². The van der Waals surface area contributed by atoms with Crippen LogP contribution in [0.4, 0.5) is 5.82 Å². The number of anilines is 1. The largest absolute Gasteiger partial charge is 0.354 e. The van der Waals surface area contributed by atoms with Crippen LogP contribution in [0.15, 0.2) is 18.2 Å². The first-order chi connectivity index (χ1) is 13.9. The molecule has 152 valence electrons. The van der Waals surface area contributed by atoms with Crippen LogP contribution in [0, 0.1) is 5.92 Å². The summed E-state index contributed by atoms with van der Waals surface area (Å²) in [4.78, 5) is 14.5. The third-order valence-corrected chi connectivity index (χ3v) is 5.60. The normalized spacial score (nSPS) is 17.6. The Morgan fingerprint density at radius 2 is 2.03 bits per heavy atom. The molecule has 1 aliphatic heterocycles. The smallest absolute Gasteiger partial charge is 0.271 e. The fourth-order valence-electron chi connectivity index (χ4n) is 3.69. The van der Waals surface area contributed by atoms with Crippen molar-refractivity contribution in [3.05, 3.63) is 35.4 Å². The van der Waals surface area contributed by atoms with E-state index in [9.17, 15) is 4.79 Å². The van der Waals surface area contributed by atoms with Gasteiger partial charge >= 0.3 is 0 Å². The molecule has 0 aromatic carbocycles. The van der Waals surface area contributed by atoms with Crippen LogP contribution in [0.1, 0.15) is 61.5 Å². The number of H-pyrrole nitrogens is 1. The number of carbonyl (C=O) groups excluding carboxylic acids is 1. The molecular formula is C20H26N8O. The van der Waals surface area contributed by atoms with Gasteiger partial charge < -0.3 is 10.2 Å². The van der Waals surface area contributed by atoms with Gasteiger partial charge in [-0.05, 0) is 31.0 Å². The molecule has 3 aromatic heterocycles. The highest BCUT2D eigenvalue weighted by atomic mass is 16.1. The predicted octanol–water partition coefficient (Wildman–Crippen LogP) is 1.89. The van der Waals surface area contributed by atoms with Crippen LogP contribution in [-0.2, 0) is 5.41 Å². The fraction of sp³-hybridized carbons (Fsp3) is 0.550. The molecule has 0 atom stereocenters. The topological polar surface area (TPSA) is 104 Å². The number of hydrogen-bond donors (Lipinski definition) is 2. The number of nitrogens with one attached hydrogen (secondary N) is 2. The van der Waals surface area contributed by atoms with Gasteiger partial charge in [0.2, 0.25) is 0 Å². The maximum atomic E-state index is 12.3. The summed E-state index contributed by atoms with van der Waals surface area (Å²) in [5.74, 6) is 2.63. The number of amides is 1. The maximum absolute atomic E-state index is 12.3. The third kappa shape index (κ3) is 3.45. The average Bonchev–Trinajstić information content (AvgIpc) is 3.21. The van der Waals surface area contributed by atoms with E-state index in [0.717, 1.165) is 36.1 Å². The Morgan fingerprint density at radius 1 is 1.24 bits per heavy atom. The van der Waals surface area contributed by atoms with E-state index in [0.29, 0.717) is 24.1 Å². The minimum absolute atomic E-state index is 0.106. The lowest BCUT2D eigenvalue weighted by molar-refractivity contribution is 0.0939. The first-order valence-electron chi connectivity index (χ1n) is 10.2. The molecule has 5 rings (SSSR count). The molecule has 0 bridgehead atoms. The number of fused-ring (bicyclic) bond motifs is 1. The summed E-state index contributed by atoms with van der Waals surface area (Å²) in [5.41, 5.74) is 2.19. The Balaban J connectivity index is 1.18. The molecule has 1 saturated carbocycles. The second-order valence-corrected chi connectivity index (χ2v) is 9.20. The average molecular weight is 394 g/mol. The molecule has 0 unspecified atom stereocenters. The summed E-state index contributed by atoms with van der Waals surface area (Å²) in [6, 6.07) is 5.81. The van der Waals surface area contributed by atoms with E-state index in [4.69, 9.17) is 5.10 Å². The van der Waals surface area contributed by atoms with E-state index < -0.39 is 0 Å². The molecule has 2 fully saturated rings. The molecule has 9 heteroatoms. The first-order valence-corrected chi connectivity index (χ1v) is 10.2. The molecule has 2 aliphatic rings. The molecule has 3 aromatic rings. The van der Waals surface area contributed by atoms with E-state index in [2.05, 4.69) is 51.4 Å². The maximum Gasteiger partial charge on any atom is 0.271 e. The van der Waals surface area contributed by atoms with E-state index in [1.54, 1.807) is 0 Å². The molecule has 29 heavy (non-hydrogen) atoms. The molecule has 0 radical (unpaired) electrons. The zero-order chi connectivity index (χ0) is 20.2. The highest BCUT2D eigenvalue weighted by Gasteiger charge is 2.30. The molecule has 1 aliphatic carbocycles. The molecular weight excluding hydrogens is 368 g/mol. The van der Waals surface area contributed by atoms with Crippen molar-refractivity contribution in [1.82, 2.24) is 35.3 Å². The van der Waals surface area contributed by atoms with E-state index >= 15 is 0 Å². The van der Waals surface area contributed by atoms with Crippen LogP contribution in [0.5, 0.6) is 0 Å². The first kappa shape index (κ1) is 18.1. The zero-order valence-electron chi connectivity index (χ0n) is 17.0. The van der Waals surface area contributed by atoms with Crippen LogP contribution in [0.2, 0.25) is 0 Å². The lowest BCUT2D eigenvalue weighted by atomic mass is 9.96. The minimum Gasteiger partial charge on any atom is -0.354 e. The zero-order valence-corrected chi connectivity index (χ0v) is 17.0. The van der Waals surface area contributed by atoms with Crippen molar-refractivity contribution in [2.45, 2.75) is 44.9 Å². The van der Waals surface area contributed by atoms with Crippen molar-refractivity contribution in [1.29, 1.82) is 0 Å². The quantitative estimate of drug-likeness (QED) is 0.685. The standard InChI is InChI=1S/C20H26N8O/c1-20(2,3)19-25-24-16-6-7-17(26-28(16)19)27-10-12(11-27)9-21-18(29)15-8-14(22-23-15)13-4-5-13/h6-8,12-13H,4-5,9-11H2,1-3H3,(H,21,29)(H,22,23). The van der Waals surface area contributed by atoms with Crippen molar-refractivity contribution in [2.24, 2.45) is 5.92 Å². The van der Waals surface area contributed by atoms with E-state index in [-0.39, 0.29) is 11.3 Å². The van der Waals surface area contributed by atoms with E-state index in [1.165, 1.54) is 12.8 Å². The number of nitrogens with zero attached hydrogens (tertiary/aromatic N) is 6. The van der Waals surface area contributed by atoms with Crippen molar-refractivity contribution < 1.29 is 4.79 Å². The van der Waals surface area contributed by atoms with Crippen molar-refractivity contribution in [2.75, 3.05) is 24.5 Å². The summed E-state index contributed by atoms with van der Waals surface area (Å²) >= 11 is 0. The molecule has 0 spiro atoms. The van der Waals surface area contributed by atoms with Gasteiger partial charge in [-0.15, -0.1) is 15.3 Å². The van der Waals surface area contributed by atoms with Crippen molar-refractivity contribution >= 4 is 17.4 Å². The molecule has 2 N–H and O–H groups in total. The predicted molar refractivity (Wildman–Crippen MR) is 108 cm³/mol. The van der Waals surface area contributed by atoms with Crippen LogP contribution in [0.3, 0.4) is 0 Å². The molecule has 4 heterocycles. The second kappa shape index (κ2) is 6.53. The molecule has 1 amide bonds. The second-order valence-electron chi connectivity index (χ2n) is 9.20. The summed E-state index contributed by atoms with van der Waals surface area (Å²) < 4.78 is 1.83.